The van der Waals surface area contributed by atoms with Gasteiger partial charge < -0.3 is 15.1 Å². The maximum absolute atomic E-state index is 14.2. The molecule has 2 aromatic carbocycles. The molecule has 3 aliphatic rings. The quantitative estimate of drug-likeness (QED) is 0.835. The number of nitrogens with one attached hydrogen (secondary N) is 1. The van der Waals surface area contributed by atoms with Crippen LogP contribution in [0.1, 0.15) is 23.1 Å². The number of anilines is 1. The van der Waals surface area contributed by atoms with Crippen LogP contribution in [0.2, 0.25) is 0 Å². The Balaban J connectivity index is 1.33. The molecule has 2 aliphatic heterocycles. The number of rotatable bonds is 3. The molecule has 1 fully saturated rings. The molecule has 2 aromatic rings. The first kappa shape index (κ1) is 18.8. The van der Waals surface area contributed by atoms with E-state index in [2.05, 4.69) is 23.5 Å². The van der Waals surface area contributed by atoms with E-state index in [4.69, 9.17) is 0 Å². The highest BCUT2D eigenvalue weighted by molar-refractivity contribution is 5.95. The van der Waals surface area contributed by atoms with Crippen LogP contribution in [0.3, 0.4) is 0 Å². The molecule has 5 nitrogen and oxygen atoms in total. The Bertz CT molecular complexity index is 1100. The van der Waals surface area contributed by atoms with Crippen LogP contribution in [0.4, 0.5) is 19.3 Å². The number of carbonyl (C=O) groups is 2. The van der Waals surface area contributed by atoms with Crippen LogP contribution in [-0.2, 0) is 11.3 Å². The van der Waals surface area contributed by atoms with Crippen molar-refractivity contribution in [2.75, 3.05) is 18.4 Å². The monoisotopic (exact) mass is 409 g/mol. The van der Waals surface area contributed by atoms with Gasteiger partial charge in [-0.2, -0.15) is 0 Å². The van der Waals surface area contributed by atoms with Crippen LogP contribution < -0.4 is 5.32 Å². The van der Waals surface area contributed by atoms with Crippen molar-refractivity contribution in [1.82, 2.24) is 9.80 Å². The summed E-state index contributed by atoms with van der Waals surface area (Å²) in [5, 5.41) is 2.55. The molecule has 3 amide bonds. The highest BCUT2D eigenvalue weighted by atomic mass is 19.2. The SMILES string of the molecule is Cc1cccc(C2=CC3CC2N(C(=O)CN2Cc4c(ccc(F)c4F)NC2=O)C3)c1. The van der Waals surface area contributed by atoms with Gasteiger partial charge in [0.2, 0.25) is 5.91 Å². The summed E-state index contributed by atoms with van der Waals surface area (Å²) >= 11 is 0. The van der Waals surface area contributed by atoms with Gasteiger partial charge in [-0.15, -0.1) is 0 Å². The van der Waals surface area contributed by atoms with Crippen molar-refractivity contribution >= 4 is 23.2 Å². The average Bonchev–Trinajstić information content (AvgIpc) is 3.33. The fraction of sp³-hybridized carbons (Fsp3) is 0.304. The Labute approximate surface area is 173 Å². The van der Waals surface area contributed by atoms with Crippen LogP contribution in [0.15, 0.2) is 42.5 Å². The summed E-state index contributed by atoms with van der Waals surface area (Å²) < 4.78 is 27.7. The fourth-order valence-electron chi connectivity index (χ4n) is 4.74. The van der Waals surface area contributed by atoms with E-state index in [0.717, 1.165) is 29.2 Å². The van der Waals surface area contributed by atoms with Gasteiger partial charge in [0.1, 0.15) is 6.54 Å². The van der Waals surface area contributed by atoms with Gasteiger partial charge >= 0.3 is 6.03 Å². The Kier molecular flexibility index (Phi) is 4.34. The minimum atomic E-state index is -0.991. The first-order valence-corrected chi connectivity index (χ1v) is 10.0. The van der Waals surface area contributed by atoms with Gasteiger partial charge in [-0.1, -0.05) is 35.9 Å². The van der Waals surface area contributed by atoms with E-state index in [1.54, 1.807) is 0 Å². The molecule has 2 bridgehead atoms. The second-order valence-corrected chi connectivity index (χ2v) is 8.22. The minimum Gasteiger partial charge on any atom is -0.333 e. The number of amides is 3. The van der Waals surface area contributed by atoms with Crippen LogP contribution in [0, 0.1) is 24.5 Å². The number of halogens is 2. The maximum atomic E-state index is 14.2. The second-order valence-electron chi connectivity index (χ2n) is 8.22. The molecule has 2 heterocycles. The van der Waals surface area contributed by atoms with E-state index in [1.165, 1.54) is 11.0 Å². The van der Waals surface area contributed by atoms with E-state index in [-0.39, 0.29) is 36.3 Å². The lowest BCUT2D eigenvalue weighted by atomic mass is 9.98. The molecule has 154 valence electrons. The molecule has 0 radical (unpaired) electrons. The van der Waals surface area contributed by atoms with Crippen molar-refractivity contribution in [1.29, 1.82) is 0 Å². The molecular weight excluding hydrogens is 388 g/mol. The van der Waals surface area contributed by atoms with Gasteiger partial charge in [0, 0.05) is 12.1 Å². The maximum Gasteiger partial charge on any atom is 0.322 e. The zero-order valence-corrected chi connectivity index (χ0v) is 16.5. The number of carbonyl (C=O) groups excluding carboxylic acids is 2. The molecule has 2 atom stereocenters. The number of likely N-dealkylation sites (tertiary alicyclic amines) is 1. The third kappa shape index (κ3) is 3.05. The van der Waals surface area contributed by atoms with Gasteiger partial charge in [-0.05, 0) is 42.5 Å². The molecule has 0 aromatic heterocycles. The summed E-state index contributed by atoms with van der Waals surface area (Å²) in [6.45, 7) is 2.34. The Morgan fingerprint density at radius 1 is 1.23 bits per heavy atom. The predicted octanol–water partition coefficient (Wildman–Crippen LogP) is 3.94. The van der Waals surface area contributed by atoms with E-state index in [1.807, 2.05) is 24.0 Å². The van der Waals surface area contributed by atoms with Gasteiger partial charge in [0.15, 0.2) is 11.6 Å². The summed E-state index contributed by atoms with van der Waals surface area (Å²) in [4.78, 5) is 28.5. The molecule has 1 N–H and O–H groups in total. The third-order valence-corrected chi connectivity index (χ3v) is 6.18. The largest absolute Gasteiger partial charge is 0.333 e. The second kappa shape index (κ2) is 6.93. The van der Waals surface area contributed by atoms with Crippen LogP contribution in [0.5, 0.6) is 0 Å². The normalized spacial score (nSPS) is 22.1. The fourth-order valence-corrected chi connectivity index (χ4v) is 4.74. The zero-order chi connectivity index (χ0) is 21.0. The number of fused-ring (bicyclic) bond motifs is 3. The molecule has 1 aliphatic carbocycles. The van der Waals surface area contributed by atoms with Crippen LogP contribution in [-0.4, -0.2) is 40.9 Å². The third-order valence-electron chi connectivity index (χ3n) is 6.18. The van der Waals surface area contributed by atoms with Crippen molar-refractivity contribution < 1.29 is 18.4 Å². The first-order valence-electron chi connectivity index (χ1n) is 10.0. The lowest BCUT2D eigenvalue weighted by Gasteiger charge is -2.33. The highest BCUT2D eigenvalue weighted by Crippen LogP contribution is 2.42. The first-order chi connectivity index (χ1) is 14.4. The number of nitrogens with zero attached hydrogens (tertiary/aromatic N) is 2. The van der Waals surface area contributed by atoms with Crippen LogP contribution >= 0.6 is 0 Å². The molecule has 0 spiro atoms. The smallest absolute Gasteiger partial charge is 0.322 e. The summed E-state index contributed by atoms with van der Waals surface area (Å²) in [6, 6.07) is 10.0. The Hall–Kier alpha value is -3.22. The summed E-state index contributed by atoms with van der Waals surface area (Å²) in [5.74, 6) is -1.84. The lowest BCUT2D eigenvalue weighted by Crippen LogP contribution is -2.48. The van der Waals surface area contributed by atoms with Crippen LogP contribution in [0.25, 0.3) is 5.57 Å². The van der Waals surface area contributed by atoms with E-state index in [9.17, 15) is 18.4 Å². The van der Waals surface area contributed by atoms with Gasteiger partial charge in [0.05, 0.1) is 18.3 Å². The Morgan fingerprint density at radius 3 is 2.83 bits per heavy atom. The van der Waals surface area contributed by atoms with Crippen molar-refractivity contribution in [2.24, 2.45) is 5.92 Å². The van der Waals surface area contributed by atoms with Crippen molar-refractivity contribution in [2.45, 2.75) is 25.9 Å². The Morgan fingerprint density at radius 2 is 2.07 bits per heavy atom. The number of aryl methyl sites for hydroxylation is 1. The summed E-state index contributed by atoms with van der Waals surface area (Å²) in [6.07, 6.45) is 3.12. The number of hydrogen-bond acceptors (Lipinski definition) is 2. The minimum absolute atomic E-state index is 0.0152. The van der Waals surface area contributed by atoms with Gasteiger partial charge in [-0.3, -0.25) is 4.79 Å². The molecule has 0 saturated carbocycles. The lowest BCUT2D eigenvalue weighted by molar-refractivity contribution is -0.132. The molecule has 2 unspecified atom stereocenters. The number of urea groups is 1. The van der Waals surface area contributed by atoms with Gasteiger partial charge in [-0.25, -0.2) is 13.6 Å². The number of hydrogen-bond donors (Lipinski definition) is 1. The highest BCUT2D eigenvalue weighted by Gasteiger charge is 2.42. The predicted molar refractivity (Wildman–Crippen MR) is 109 cm³/mol. The van der Waals surface area contributed by atoms with Gasteiger partial charge in [0.25, 0.3) is 0 Å². The summed E-state index contributed by atoms with van der Waals surface area (Å²) in [5.41, 5.74) is 3.72. The average molecular weight is 409 g/mol. The molecule has 7 heteroatoms. The van der Waals surface area contributed by atoms with E-state index >= 15 is 0 Å². The summed E-state index contributed by atoms with van der Waals surface area (Å²) in [7, 11) is 0. The topological polar surface area (TPSA) is 52.7 Å². The standard InChI is InChI=1S/C23H21F2N3O2/c1-13-3-2-4-15(7-13)16-8-14-9-20(16)28(10-14)21(29)12-27-11-17-19(26-23(27)30)6-5-18(24)22(17)25/h2-8,14,20H,9-12H2,1H3,(H,26,30). The molecule has 5 rings (SSSR count). The molecule has 1 saturated heterocycles. The van der Waals surface area contributed by atoms with Crippen molar-refractivity contribution in [3.05, 3.63) is 70.8 Å². The van der Waals surface area contributed by atoms with E-state index in [0.29, 0.717) is 12.5 Å². The van der Waals surface area contributed by atoms with Crippen molar-refractivity contribution in [3.8, 4) is 0 Å². The zero-order valence-electron chi connectivity index (χ0n) is 16.5. The molecule has 30 heavy (non-hydrogen) atoms. The molecular formula is C23H21F2N3O2. The van der Waals surface area contributed by atoms with Crippen molar-refractivity contribution in [3.63, 3.8) is 0 Å². The van der Waals surface area contributed by atoms with E-state index < -0.39 is 17.7 Å². The number of benzene rings is 2.